The Morgan fingerprint density at radius 1 is 0.783 bits per heavy atom. The van der Waals surface area contributed by atoms with Gasteiger partial charge >= 0.3 is 0 Å². The summed E-state index contributed by atoms with van der Waals surface area (Å²) in [5.41, 5.74) is 0. The molecule has 0 bridgehead atoms. The molecule has 0 aromatic rings. The lowest BCUT2D eigenvalue weighted by Crippen LogP contribution is -2.21. The molecule has 0 heterocycles. The van der Waals surface area contributed by atoms with Gasteiger partial charge in [0.05, 0.1) is 50.8 Å². The number of aliphatic hydroxyl groups excluding tert-OH is 4. The van der Waals surface area contributed by atoms with E-state index in [0.29, 0.717) is 19.6 Å². The summed E-state index contributed by atoms with van der Waals surface area (Å²) in [6.07, 6.45) is 3.77. The summed E-state index contributed by atoms with van der Waals surface area (Å²) in [7, 11) is 0. The van der Waals surface area contributed by atoms with Crippen LogP contribution in [0.5, 0.6) is 0 Å². The van der Waals surface area contributed by atoms with Crippen LogP contribution >= 0.6 is 0 Å². The van der Waals surface area contributed by atoms with Crippen molar-refractivity contribution in [1.29, 1.82) is 0 Å². The number of hydrogen-bond acceptors (Lipinski definition) is 6. The zero-order valence-corrected chi connectivity index (χ0v) is 15.3. The topological polar surface area (TPSA) is 99.4 Å². The molecule has 23 heavy (non-hydrogen) atoms. The summed E-state index contributed by atoms with van der Waals surface area (Å²) in [5.74, 6) is 0. The Morgan fingerprint density at radius 2 is 1.26 bits per heavy atom. The van der Waals surface area contributed by atoms with Crippen LogP contribution in [0.4, 0.5) is 0 Å². The SMILES string of the molecule is CCC(O)COC(C)CO.CCCCCC(O)COC(C)CO. The lowest BCUT2D eigenvalue weighted by atomic mass is 10.1. The molecule has 0 saturated heterocycles. The fraction of sp³-hybridized carbons (Fsp3) is 1.00. The third-order valence-electron chi connectivity index (χ3n) is 3.27. The standard InChI is InChI=1S/C10H22O3.C7H16O3/c1-3-4-5-6-10(12)8-13-9(2)7-11;1-3-7(9)5-10-6(2)4-8/h9-12H,3-8H2,1-2H3;6-9H,3-5H2,1-2H3. The van der Waals surface area contributed by atoms with Crippen molar-refractivity contribution in [3.63, 3.8) is 0 Å². The van der Waals surface area contributed by atoms with Crippen molar-refractivity contribution in [2.75, 3.05) is 26.4 Å². The maximum atomic E-state index is 9.41. The molecule has 0 aromatic heterocycles. The van der Waals surface area contributed by atoms with E-state index in [4.69, 9.17) is 24.8 Å². The lowest BCUT2D eigenvalue weighted by molar-refractivity contribution is -0.0259. The number of unbranched alkanes of at least 4 members (excludes halogenated alkanes) is 2. The summed E-state index contributed by atoms with van der Waals surface area (Å²) < 4.78 is 10.2. The van der Waals surface area contributed by atoms with Crippen LogP contribution in [-0.2, 0) is 9.47 Å². The minimum Gasteiger partial charge on any atom is -0.394 e. The molecule has 0 aromatic carbocycles. The Hall–Kier alpha value is -0.240. The van der Waals surface area contributed by atoms with Crippen LogP contribution < -0.4 is 0 Å². The van der Waals surface area contributed by atoms with E-state index in [1.54, 1.807) is 13.8 Å². The van der Waals surface area contributed by atoms with Crippen molar-refractivity contribution < 1.29 is 29.9 Å². The van der Waals surface area contributed by atoms with Crippen LogP contribution in [-0.4, -0.2) is 71.3 Å². The molecule has 4 atom stereocenters. The highest BCUT2D eigenvalue weighted by atomic mass is 16.5. The first-order valence-electron chi connectivity index (χ1n) is 8.72. The second-order valence-electron chi connectivity index (χ2n) is 5.86. The van der Waals surface area contributed by atoms with E-state index in [9.17, 15) is 5.11 Å². The highest BCUT2D eigenvalue weighted by molar-refractivity contribution is 4.56. The summed E-state index contributed by atoms with van der Waals surface area (Å²) in [4.78, 5) is 0. The van der Waals surface area contributed by atoms with Gasteiger partial charge in [0, 0.05) is 0 Å². The molecule has 0 spiro atoms. The Bertz CT molecular complexity index is 217. The molecule has 0 aliphatic rings. The second-order valence-corrected chi connectivity index (χ2v) is 5.86. The van der Waals surface area contributed by atoms with Crippen LogP contribution in [0.25, 0.3) is 0 Å². The second kappa shape index (κ2) is 18.1. The zero-order valence-electron chi connectivity index (χ0n) is 15.3. The van der Waals surface area contributed by atoms with E-state index in [1.807, 2.05) is 6.92 Å². The van der Waals surface area contributed by atoms with Gasteiger partial charge in [-0.25, -0.2) is 0 Å². The van der Waals surface area contributed by atoms with Gasteiger partial charge in [0.1, 0.15) is 0 Å². The number of hydrogen-bond donors (Lipinski definition) is 4. The van der Waals surface area contributed by atoms with Crippen molar-refractivity contribution in [2.24, 2.45) is 0 Å². The molecule has 0 saturated carbocycles. The van der Waals surface area contributed by atoms with Crippen LogP contribution in [0.2, 0.25) is 0 Å². The first-order valence-corrected chi connectivity index (χ1v) is 8.72. The number of ether oxygens (including phenoxy) is 2. The van der Waals surface area contributed by atoms with Crippen molar-refractivity contribution in [3.05, 3.63) is 0 Å². The summed E-state index contributed by atoms with van der Waals surface area (Å²) in [6.45, 7) is 8.26. The first-order chi connectivity index (χ1) is 10.9. The molecule has 0 aliphatic heterocycles. The predicted molar refractivity (Wildman–Crippen MR) is 91.4 cm³/mol. The minimum atomic E-state index is -0.394. The smallest absolute Gasteiger partial charge is 0.0779 e. The molecule has 0 amide bonds. The average Bonchev–Trinajstić information content (AvgIpc) is 2.57. The molecule has 4 N–H and O–H groups in total. The number of rotatable bonds is 13. The van der Waals surface area contributed by atoms with E-state index in [2.05, 4.69) is 6.92 Å². The van der Waals surface area contributed by atoms with Gasteiger partial charge in [0.15, 0.2) is 0 Å². The Kier molecular flexibility index (Phi) is 19.7. The van der Waals surface area contributed by atoms with Gasteiger partial charge in [-0.05, 0) is 26.7 Å². The van der Waals surface area contributed by atoms with E-state index < -0.39 is 6.10 Å². The minimum absolute atomic E-state index is 0.0104. The number of aliphatic hydroxyl groups is 4. The van der Waals surface area contributed by atoms with E-state index in [1.165, 1.54) is 6.42 Å². The van der Waals surface area contributed by atoms with Crippen LogP contribution in [0.15, 0.2) is 0 Å². The van der Waals surface area contributed by atoms with Crippen molar-refractivity contribution in [3.8, 4) is 0 Å². The normalized spacial score (nSPS) is 16.2. The van der Waals surface area contributed by atoms with E-state index >= 15 is 0 Å². The maximum Gasteiger partial charge on any atom is 0.0779 e. The highest BCUT2D eigenvalue weighted by Gasteiger charge is 2.06. The van der Waals surface area contributed by atoms with Crippen molar-refractivity contribution in [1.82, 2.24) is 0 Å². The third-order valence-corrected chi connectivity index (χ3v) is 3.27. The summed E-state index contributed by atoms with van der Waals surface area (Å²) >= 11 is 0. The summed E-state index contributed by atoms with van der Waals surface area (Å²) in [6, 6.07) is 0. The van der Waals surface area contributed by atoms with Crippen molar-refractivity contribution in [2.45, 2.75) is 84.2 Å². The quantitative estimate of drug-likeness (QED) is 0.380. The predicted octanol–water partition coefficient (Wildman–Crippen LogP) is 1.48. The van der Waals surface area contributed by atoms with Crippen LogP contribution in [0, 0.1) is 0 Å². The molecule has 0 fully saturated rings. The van der Waals surface area contributed by atoms with Gasteiger partial charge in [-0.15, -0.1) is 0 Å². The summed E-state index contributed by atoms with van der Waals surface area (Å²) in [5, 5.41) is 35.6. The Labute approximate surface area is 141 Å². The molecular formula is C17H38O6. The molecule has 0 aliphatic carbocycles. The van der Waals surface area contributed by atoms with Gasteiger partial charge in [-0.2, -0.15) is 0 Å². The monoisotopic (exact) mass is 338 g/mol. The zero-order chi connectivity index (χ0) is 18.1. The lowest BCUT2D eigenvalue weighted by Gasteiger charge is -2.14. The molecule has 142 valence electrons. The maximum absolute atomic E-state index is 9.41. The molecule has 6 nitrogen and oxygen atoms in total. The Balaban J connectivity index is 0. The largest absolute Gasteiger partial charge is 0.394 e. The highest BCUT2D eigenvalue weighted by Crippen LogP contribution is 2.04. The molecule has 0 rings (SSSR count). The molecular weight excluding hydrogens is 300 g/mol. The molecule has 4 unspecified atom stereocenters. The van der Waals surface area contributed by atoms with Gasteiger partial charge in [-0.1, -0.05) is 33.1 Å². The first kappa shape index (κ1) is 25.0. The van der Waals surface area contributed by atoms with Crippen LogP contribution in [0.3, 0.4) is 0 Å². The van der Waals surface area contributed by atoms with Gasteiger partial charge in [-0.3, -0.25) is 0 Å². The average molecular weight is 338 g/mol. The van der Waals surface area contributed by atoms with E-state index in [-0.39, 0.29) is 31.5 Å². The van der Waals surface area contributed by atoms with Crippen molar-refractivity contribution >= 4 is 0 Å². The van der Waals surface area contributed by atoms with E-state index in [0.717, 1.165) is 19.3 Å². The fourth-order valence-corrected chi connectivity index (χ4v) is 1.49. The van der Waals surface area contributed by atoms with Gasteiger partial charge in [0.25, 0.3) is 0 Å². The molecule has 0 radical (unpaired) electrons. The Morgan fingerprint density at radius 3 is 1.65 bits per heavy atom. The molecule has 6 heteroatoms. The van der Waals surface area contributed by atoms with Gasteiger partial charge in [0.2, 0.25) is 0 Å². The fourth-order valence-electron chi connectivity index (χ4n) is 1.49. The van der Waals surface area contributed by atoms with Crippen LogP contribution in [0.1, 0.15) is 59.8 Å². The third kappa shape index (κ3) is 19.7. The van der Waals surface area contributed by atoms with Gasteiger partial charge < -0.3 is 29.9 Å².